The summed E-state index contributed by atoms with van der Waals surface area (Å²) in [6.07, 6.45) is 0.281. The zero-order valence-corrected chi connectivity index (χ0v) is 11.1. The van der Waals surface area contributed by atoms with E-state index < -0.39 is 11.6 Å². The Kier molecular flexibility index (Phi) is 3.40. The summed E-state index contributed by atoms with van der Waals surface area (Å²) in [4.78, 5) is 0. The van der Waals surface area contributed by atoms with Crippen LogP contribution in [-0.4, -0.2) is 7.05 Å². The molecule has 1 aliphatic heterocycles. The van der Waals surface area contributed by atoms with Crippen molar-refractivity contribution < 1.29 is 13.5 Å². The van der Waals surface area contributed by atoms with Crippen molar-refractivity contribution in [3.63, 3.8) is 0 Å². The van der Waals surface area contributed by atoms with E-state index >= 15 is 0 Å². The van der Waals surface area contributed by atoms with Crippen LogP contribution in [0.25, 0.3) is 0 Å². The largest absolute Gasteiger partial charge is 0.485 e. The van der Waals surface area contributed by atoms with E-state index in [0.29, 0.717) is 12.0 Å². The molecular weight excluding hydrogens is 260 g/mol. The number of para-hydroxylation sites is 1. The van der Waals surface area contributed by atoms with Crippen LogP contribution < -0.4 is 10.1 Å². The lowest BCUT2D eigenvalue weighted by atomic mass is 9.93. The molecule has 2 nitrogen and oxygen atoms in total. The van der Waals surface area contributed by atoms with Crippen LogP contribution in [0.3, 0.4) is 0 Å². The molecule has 2 aromatic carbocycles. The van der Waals surface area contributed by atoms with Gasteiger partial charge >= 0.3 is 0 Å². The first-order valence-corrected chi connectivity index (χ1v) is 6.56. The van der Waals surface area contributed by atoms with Gasteiger partial charge in [0.2, 0.25) is 0 Å². The first kappa shape index (κ1) is 13.1. The number of hydrogen-bond acceptors (Lipinski definition) is 2. The quantitative estimate of drug-likeness (QED) is 0.901. The lowest BCUT2D eigenvalue weighted by Crippen LogP contribution is -2.26. The highest BCUT2D eigenvalue weighted by Gasteiger charge is 2.28. The Morgan fingerprint density at radius 2 is 1.80 bits per heavy atom. The second kappa shape index (κ2) is 5.21. The Labute approximate surface area is 116 Å². The van der Waals surface area contributed by atoms with Crippen LogP contribution in [0.1, 0.15) is 29.7 Å². The van der Waals surface area contributed by atoms with Gasteiger partial charge in [0.25, 0.3) is 0 Å². The molecule has 0 saturated carbocycles. The van der Waals surface area contributed by atoms with E-state index in [4.69, 9.17) is 4.74 Å². The average molecular weight is 275 g/mol. The van der Waals surface area contributed by atoms with Crippen molar-refractivity contribution in [1.29, 1.82) is 0 Å². The minimum absolute atomic E-state index is 0.108. The molecule has 1 heterocycles. The fraction of sp³-hybridized carbons (Fsp3) is 0.250. The number of benzene rings is 2. The van der Waals surface area contributed by atoms with Gasteiger partial charge in [-0.1, -0.05) is 18.2 Å². The first-order chi connectivity index (χ1) is 9.67. The van der Waals surface area contributed by atoms with Crippen molar-refractivity contribution in [2.75, 3.05) is 7.05 Å². The number of ether oxygens (including phenoxy) is 1. The predicted octanol–water partition coefficient (Wildman–Crippen LogP) is 3.75. The van der Waals surface area contributed by atoms with Crippen molar-refractivity contribution >= 4 is 0 Å². The molecule has 0 radical (unpaired) electrons. The molecule has 4 heteroatoms. The van der Waals surface area contributed by atoms with Gasteiger partial charge in [-0.15, -0.1) is 0 Å². The molecule has 0 saturated heterocycles. The molecule has 104 valence electrons. The molecule has 2 atom stereocenters. The minimum atomic E-state index is -0.580. The maximum atomic E-state index is 13.3. The number of halogens is 2. The van der Waals surface area contributed by atoms with Gasteiger partial charge in [0, 0.05) is 24.1 Å². The van der Waals surface area contributed by atoms with E-state index in [1.165, 1.54) is 12.1 Å². The van der Waals surface area contributed by atoms with E-state index in [9.17, 15) is 8.78 Å². The molecule has 0 amide bonds. The summed E-state index contributed by atoms with van der Waals surface area (Å²) >= 11 is 0. The van der Waals surface area contributed by atoms with E-state index in [2.05, 4.69) is 5.32 Å². The smallest absolute Gasteiger partial charge is 0.126 e. The van der Waals surface area contributed by atoms with Gasteiger partial charge in [-0.3, -0.25) is 0 Å². The second-order valence-corrected chi connectivity index (χ2v) is 4.92. The summed E-state index contributed by atoms with van der Waals surface area (Å²) in [5.74, 6) is -0.403. The van der Waals surface area contributed by atoms with Crippen LogP contribution in [0, 0.1) is 11.6 Å². The normalized spacial score (nSPS) is 21.1. The SMILES string of the molecule is CNC1CC(c2cc(F)cc(F)c2)Oc2ccccc21. The summed E-state index contributed by atoms with van der Waals surface area (Å²) in [6, 6.07) is 11.4. The van der Waals surface area contributed by atoms with Gasteiger partial charge in [-0.2, -0.15) is 0 Å². The maximum Gasteiger partial charge on any atom is 0.126 e. The summed E-state index contributed by atoms with van der Waals surface area (Å²) < 4.78 is 32.6. The number of nitrogens with one attached hydrogen (secondary N) is 1. The van der Waals surface area contributed by atoms with Crippen molar-refractivity contribution in [3.05, 3.63) is 65.2 Å². The number of fused-ring (bicyclic) bond motifs is 1. The van der Waals surface area contributed by atoms with Gasteiger partial charge in [0.05, 0.1) is 0 Å². The monoisotopic (exact) mass is 275 g/mol. The Morgan fingerprint density at radius 1 is 1.10 bits per heavy atom. The highest BCUT2D eigenvalue weighted by atomic mass is 19.1. The van der Waals surface area contributed by atoms with Gasteiger partial charge in [0.15, 0.2) is 0 Å². The third-order valence-electron chi connectivity index (χ3n) is 3.62. The molecular formula is C16H15F2NO. The van der Waals surface area contributed by atoms with E-state index in [0.717, 1.165) is 17.4 Å². The molecule has 3 rings (SSSR count). The average Bonchev–Trinajstić information content (AvgIpc) is 2.45. The molecule has 0 spiro atoms. The Balaban J connectivity index is 1.97. The Morgan fingerprint density at radius 3 is 2.50 bits per heavy atom. The van der Waals surface area contributed by atoms with Gasteiger partial charge in [-0.05, 0) is 30.8 Å². The van der Waals surface area contributed by atoms with Crippen molar-refractivity contribution in [2.24, 2.45) is 0 Å². The van der Waals surface area contributed by atoms with Crippen molar-refractivity contribution in [3.8, 4) is 5.75 Å². The fourth-order valence-corrected chi connectivity index (χ4v) is 2.66. The summed E-state index contributed by atoms with van der Waals surface area (Å²) in [5, 5.41) is 3.22. The fourth-order valence-electron chi connectivity index (χ4n) is 2.66. The molecule has 0 bridgehead atoms. The second-order valence-electron chi connectivity index (χ2n) is 4.92. The highest BCUT2D eigenvalue weighted by Crippen LogP contribution is 2.40. The summed E-state index contributed by atoms with van der Waals surface area (Å²) in [6.45, 7) is 0. The molecule has 20 heavy (non-hydrogen) atoms. The number of rotatable bonds is 2. The van der Waals surface area contributed by atoms with Crippen LogP contribution in [0.4, 0.5) is 8.78 Å². The van der Waals surface area contributed by atoms with Crippen LogP contribution in [0.15, 0.2) is 42.5 Å². The molecule has 1 N–H and O–H groups in total. The van der Waals surface area contributed by atoms with Crippen molar-refractivity contribution in [2.45, 2.75) is 18.6 Å². The third kappa shape index (κ3) is 2.39. The van der Waals surface area contributed by atoms with Crippen LogP contribution >= 0.6 is 0 Å². The molecule has 1 aliphatic rings. The van der Waals surface area contributed by atoms with Crippen molar-refractivity contribution in [1.82, 2.24) is 5.32 Å². The predicted molar refractivity (Wildman–Crippen MR) is 72.6 cm³/mol. The lowest BCUT2D eigenvalue weighted by Gasteiger charge is -2.32. The summed E-state index contributed by atoms with van der Waals surface area (Å²) in [7, 11) is 1.87. The zero-order valence-electron chi connectivity index (χ0n) is 11.1. The van der Waals surface area contributed by atoms with E-state index in [1.54, 1.807) is 0 Å². The van der Waals surface area contributed by atoms with Gasteiger partial charge < -0.3 is 10.1 Å². The van der Waals surface area contributed by atoms with E-state index in [-0.39, 0.29) is 12.1 Å². The third-order valence-corrected chi connectivity index (χ3v) is 3.62. The Hall–Kier alpha value is -1.94. The Bertz CT molecular complexity index is 609. The topological polar surface area (TPSA) is 21.3 Å². The van der Waals surface area contributed by atoms with Gasteiger partial charge in [-0.25, -0.2) is 8.78 Å². The summed E-state index contributed by atoms with van der Waals surface area (Å²) in [5.41, 5.74) is 1.60. The molecule has 0 aromatic heterocycles. The van der Waals surface area contributed by atoms with Crippen LogP contribution in [0.2, 0.25) is 0 Å². The lowest BCUT2D eigenvalue weighted by molar-refractivity contribution is 0.153. The molecule has 2 aromatic rings. The maximum absolute atomic E-state index is 13.3. The van der Waals surface area contributed by atoms with Crippen LogP contribution in [-0.2, 0) is 0 Å². The molecule has 0 aliphatic carbocycles. The minimum Gasteiger partial charge on any atom is -0.485 e. The molecule has 0 fully saturated rings. The highest BCUT2D eigenvalue weighted by molar-refractivity contribution is 5.39. The first-order valence-electron chi connectivity index (χ1n) is 6.56. The van der Waals surface area contributed by atoms with Gasteiger partial charge in [0.1, 0.15) is 23.5 Å². The van der Waals surface area contributed by atoms with E-state index in [1.807, 2.05) is 31.3 Å². The van der Waals surface area contributed by atoms with Crippen LogP contribution in [0.5, 0.6) is 5.75 Å². The molecule has 2 unspecified atom stereocenters. The number of hydrogen-bond donors (Lipinski definition) is 1. The zero-order chi connectivity index (χ0) is 14.1. The standard InChI is InChI=1S/C16H15F2NO/c1-19-14-9-16(10-6-11(17)8-12(18)7-10)20-15-5-3-2-4-13(14)15/h2-8,14,16,19H,9H2,1H3.